The van der Waals surface area contributed by atoms with Crippen molar-refractivity contribution in [2.24, 2.45) is 5.73 Å². The number of carbonyl (C=O) groups is 1. The van der Waals surface area contributed by atoms with Crippen molar-refractivity contribution in [3.63, 3.8) is 0 Å². The third kappa shape index (κ3) is 2.43. The molecule has 5 heteroatoms. The molecule has 14 heavy (non-hydrogen) atoms. The molecule has 0 fully saturated rings. The van der Waals surface area contributed by atoms with Crippen LogP contribution in [0.5, 0.6) is 0 Å². The molecule has 1 aromatic heterocycles. The summed E-state index contributed by atoms with van der Waals surface area (Å²) in [5, 5.41) is 8.59. The van der Waals surface area contributed by atoms with E-state index in [0.29, 0.717) is 5.69 Å². The van der Waals surface area contributed by atoms with Gasteiger partial charge in [0.15, 0.2) is 0 Å². The van der Waals surface area contributed by atoms with Gasteiger partial charge in [0.1, 0.15) is 6.04 Å². The average Bonchev–Trinajstić information content (AvgIpc) is 2.09. The number of aryl methyl sites for hydroxylation is 1. The smallest absolute Gasteiger partial charge is 0.320 e. The molecular formula is C9H12N2O3. The minimum atomic E-state index is -1.05. The molecule has 1 heterocycles. The molecule has 76 valence electrons. The Balaban J connectivity index is 2.87. The third-order valence-electron chi connectivity index (χ3n) is 1.99. The number of hydrogen-bond acceptors (Lipinski definition) is 3. The number of nitrogens with one attached hydrogen (secondary N) is 1. The van der Waals surface area contributed by atoms with Gasteiger partial charge < -0.3 is 15.8 Å². The quantitative estimate of drug-likeness (QED) is 0.615. The standard InChI is InChI=1S/C9H12N2O3/c1-5-6(2-3-8(12)11-5)4-7(10)9(13)14/h2-3,7H,4,10H2,1H3,(H,11,12)(H,13,14). The summed E-state index contributed by atoms with van der Waals surface area (Å²) in [6.07, 6.45) is 0.220. The first-order chi connectivity index (χ1) is 6.50. The fourth-order valence-electron chi connectivity index (χ4n) is 1.15. The number of nitrogens with two attached hydrogens (primary N) is 1. The van der Waals surface area contributed by atoms with Gasteiger partial charge in [0.05, 0.1) is 0 Å². The summed E-state index contributed by atoms with van der Waals surface area (Å²) in [7, 11) is 0. The van der Waals surface area contributed by atoms with Gasteiger partial charge in [-0.15, -0.1) is 0 Å². The van der Waals surface area contributed by atoms with Gasteiger partial charge >= 0.3 is 5.97 Å². The molecule has 0 spiro atoms. The summed E-state index contributed by atoms with van der Waals surface area (Å²) in [4.78, 5) is 23.9. The molecule has 0 saturated carbocycles. The third-order valence-corrected chi connectivity index (χ3v) is 1.99. The Hall–Kier alpha value is -1.62. The minimum Gasteiger partial charge on any atom is -0.480 e. The first kappa shape index (κ1) is 10.5. The van der Waals surface area contributed by atoms with Gasteiger partial charge in [-0.3, -0.25) is 9.59 Å². The van der Waals surface area contributed by atoms with Gasteiger partial charge in [0.2, 0.25) is 5.56 Å². The van der Waals surface area contributed by atoms with Gasteiger partial charge in [0.25, 0.3) is 0 Å². The van der Waals surface area contributed by atoms with E-state index in [1.807, 2.05) is 0 Å². The first-order valence-electron chi connectivity index (χ1n) is 4.18. The second kappa shape index (κ2) is 4.06. The maximum atomic E-state index is 10.9. The summed E-state index contributed by atoms with van der Waals surface area (Å²) in [5.41, 5.74) is 6.58. The maximum absolute atomic E-state index is 10.9. The van der Waals surface area contributed by atoms with Crippen molar-refractivity contribution < 1.29 is 9.90 Å². The molecular weight excluding hydrogens is 184 g/mol. The summed E-state index contributed by atoms with van der Waals surface area (Å²) >= 11 is 0. The first-order valence-corrected chi connectivity index (χ1v) is 4.18. The van der Waals surface area contributed by atoms with E-state index >= 15 is 0 Å². The van der Waals surface area contributed by atoms with Crippen molar-refractivity contribution in [2.45, 2.75) is 19.4 Å². The van der Waals surface area contributed by atoms with Crippen LogP contribution in [-0.4, -0.2) is 22.1 Å². The Labute approximate surface area is 80.6 Å². The summed E-state index contributed by atoms with van der Waals surface area (Å²) in [5.74, 6) is -1.05. The molecule has 1 rings (SSSR count). The fourth-order valence-corrected chi connectivity index (χ4v) is 1.15. The second-order valence-electron chi connectivity index (χ2n) is 3.12. The lowest BCUT2D eigenvalue weighted by atomic mass is 10.1. The van der Waals surface area contributed by atoms with Gasteiger partial charge in [-0.05, 0) is 18.9 Å². The van der Waals surface area contributed by atoms with Crippen LogP contribution in [0.1, 0.15) is 11.3 Å². The highest BCUT2D eigenvalue weighted by atomic mass is 16.4. The summed E-state index contributed by atoms with van der Waals surface area (Å²) in [6.45, 7) is 1.71. The Kier molecular flexibility index (Phi) is 3.03. The van der Waals surface area contributed by atoms with E-state index in [-0.39, 0.29) is 12.0 Å². The molecule has 0 amide bonds. The van der Waals surface area contributed by atoms with E-state index in [1.165, 1.54) is 6.07 Å². The van der Waals surface area contributed by atoms with Gasteiger partial charge in [-0.2, -0.15) is 0 Å². The highest BCUT2D eigenvalue weighted by Crippen LogP contribution is 2.04. The van der Waals surface area contributed by atoms with E-state index in [2.05, 4.69) is 4.98 Å². The van der Waals surface area contributed by atoms with Crippen LogP contribution in [0.15, 0.2) is 16.9 Å². The van der Waals surface area contributed by atoms with E-state index in [4.69, 9.17) is 10.8 Å². The molecule has 0 aliphatic heterocycles. The van der Waals surface area contributed by atoms with Gasteiger partial charge in [0, 0.05) is 11.8 Å². The zero-order valence-electron chi connectivity index (χ0n) is 7.78. The molecule has 0 saturated heterocycles. The molecule has 0 radical (unpaired) electrons. The van der Waals surface area contributed by atoms with E-state index in [0.717, 1.165) is 5.56 Å². The zero-order chi connectivity index (χ0) is 10.7. The molecule has 0 bridgehead atoms. The van der Waals surface area contributed by atoms with Crippen LogP contribution in [-0.2, 0) is 11.2 Å². The van der Waals surface area contributed by atoms with Gasteiger partial charge in [-0.25, -0.2) is 0 Å². The van der Waals surface area contributed by atoms with Crippen LogP contribution in [0.4, 0.5) is 0 Å². The summed E-state index contributed by atoms with van der Waals surface area (Å²) in [6, 6.07) is 2.02. The van der Waals surface area contributed by atoms with Crippen LogP contribution in [0.2, 0.25) is 0 Å². The minimum absolute atomic E-state index is 0.199. The van der Waals surface area contributed by atoms with Crippen molar-refractivity contribution in [1.29, 1.82) is 0 Å². The lowest BCUT2D eigenvalue weighted by Gasteiger charge is -2.08. The Bertz CT molecular complexity index is 397. The van der Waals surface area contributed by atoms with E-state index in [1.54, 1.807) is 13.0 Å². The molecule has 0 aromatic carbocycles. The lowest BCUT2D eigenvalue weighted by Crippen LogP contribution is -2.32. The number of rotatable bonds is 3. The normalized spacial score (nSPS) is 12.4. The number of hydrogen-bond donors (Lipinski definition) is 3. The number of pyridine rings is 1. The van der Waals surface area contributed by atoms with Crippen molar-refractivity contribution >= 4 is 5.97 Å². The van der Waals surface area contributed by atoms with Crippen LogP contribution in [0.3, 0.4) is 0 Å². The van der Waals surface area contributed by atoms with Crippen molar-refractivity contribution in [1.82, 2.24) is 4.98 Å². The maximum Gasteiger partial charge on any atom is 0.320 e. The Morgan fingerprint density at radius 3 is 2.79 bits per heavy atom. The number of carboxylic acids is 1. The predicted molar refractivity (Wildman–Crippen MR) is 51.1 cm³/mol. The van der Waals surface area contributed by atoms with E-state index in [9.17, 15) is 9.59 Å². The second-order valence-corrected chi connectivity index (χ2v) is 3.12. The van der Waals surface area contributed by atoms with Crippen molar-refractivity contribution in [2.75, 3.05) is 0 Å². The Morgan fingerprint density at radius 2 is 2.29 bits per heavy atom. The highest BCUT2D eigenvalue weighted by Gasteiger charge is 2.13. The highest BCUT2D eigenvalue weighted by molar-refractivity contribution is 5.73. The lowest BCUT2D eigenvalue weighted by molar-refractivity contribution is -0.138. The molecule has 1 atom stereocenters. The topological polar surface area (TPSA) is 96.2 Å². The number of aromatic nitrogens is 1. The number of carboxylic acid groups (broad SMARTS) is 1. The molecule has 0 aliphatic carbocycles. The Morgan fingerprint density at radius 1 is 1.64 bits per heavy atom. The van der Waals surface area contributed by atoms with E-state index < -0.39 is 12.0 Å². The van der Waals surface area contributed by atoms with Crippen molar-refractivity contribution in [3.8, 4) is 0 Å². The molecule has 1 aromatic rings. The molecule has 4 N–H and O–H groups in total. The average molecular weight is 196 g/mol. The van der Waals surface area contributed by atoms with Crippen molar-refractivity contribution in [3.05, 3.63) is 33.7 Å². The van der Waals surface area contributed by atoms with Gasteiger partial charge in [-0.1, -0.05) is 6.07 Å². The fraction of sp³-hybridized carbons (Fsp3) is 0.333. The van der Waals surface area contributed by atoms with Crippen LogP contribution in [0.25, 0.3) is 0 Å². The zero-order valence-corrected chi connectivity index (χ0v) is 7.78. The molecule has 1 unspecified atom stereocenters. The largest absolute Gasteiger partial charge is 0.480 e. The molecule has 5 nitrogen and oxygen atoms in total. The van der Waals surface area contributed by atoms with Crippen LogP contribution < -0.4 is 11.3 Å². The number of aliphatic carboxylic acids is 1. The number of aromatic amines is 1. The SMILES string of the molecule is Cc1[nH]c(=O)ccc1CC(N)C(=O)O. The number of H-pyrrole nitrogens is 1. The van der Waals surface area contributed by atoms with Crippen LogP contribution >= 0.6 is 0 Å². The summed E-state index contributed by atoms with van der Waals surface area (Å²) < 4.78 is 0. The van der Waals surface area contributed by atoms with Crippen LogP contribution in [0, 0.1) is 6.92 Å². The molecule has 0 aliphatic rings. The monoisotopic (exact) mass is 196 g/mol. The predicted octanol–water partition coefficient (Wildman–Crippen LogP) is -0.362.